The van der Waals surface area contributed by atoms with E-state index >= 15 is 0 Å². The van der Waals surface area contributed by atoms with Gasteiger partial charge in [0.15, 0.2) is 5.78 Å². The summed E-state index contributed by atoms with van der Waals surface area (Å²) in [5.74, 6) is -0.631. The van der Waals surface area contributed by atoms with Crippen molar-refractivity contribution in [1.29, 1.82) is 0 Å². The van der Waals surface area contributed by atoms with Gasteiger partial charge in [0, 0.05) is 24.4 Å². The highest BCUT2D eigenvalue weighted by Gasteiger charge is 2.29. The number of hydrogen-bond donors (Lipinski definition) is 0. The fourth-order valence-corrected chi connectivity index (χ4v) is 3.12. The van der Waals surface area contributed by atoms with Crippen LogP contribution < -0.4 is 0 Å². The van der Waals surface area contributed by atoms with Crippen LogP contribution in [0.1, 0.15) is 43.2 Å². The number of para-hydroxylation sites is 1. The van der Waals surface area contributed by atoms with Gasteiger partial charge in [-0.15, -0.1) is 0 Å². The minimum Gasteiger partial charge on any atom is -0.466 e. The van der Waals surface area contributed by atoms with Crippen molar-refractivity contribution in [3.8, 4) is 0 Å². The summed E-state index contributed by atoms with van der Waals surface area (Å²) in [4.78, 5) is 25.0. The molecule has 0 spiro atoms. The molecule has 0 N–H and O–H groups in total. The van der Waals surface area contributed by atoms with Crippen molar-refractivity contribution in [3.05, 3.63) is 35.5 Å². The molecule has 0 aliphatic rings. The zero-order chi connectivity index (χ0) is 17.1. The minimum atomic E-state index is -0.403. The molecule has 0 bridgehead atoms. The number of hydrogen-bond acceptors (Lipinski definition) is 3. The van der Waals surface area contributed by atoms with E-state index in [4.69, 9.17) is 4.74 Å². The summed E-state index contributed by atoms with van der Waals surface area (Å²) < 4.78 is 7.05. The number of aromatic nitrogens is 1. The van der Waals surface area contributed by atoms with E-state index in [2.05, 4.69) is 0 Å². The third kappa shape index (κ3) is 3.31. The molecule has 4 heteroatoms. The lowest BCUT2D eigenvalue weighted by Crippen LogP contribution is -2.26. The Bertz CT molecular complexity index is 689. The Balaban J connectivity index is 2.35. The Kier molecular flexibility index (Phi) is 5.24. The highest BCUT2D eigenvalue weighted by molar-refractivity contribution is 6.03. The predicted molar refractivity (Wildman–Crippen MR) is 91.6 cm³/mol. The third-order valence-electron chi connectivity index (χ3n) is 4.42. The molecule has 1 aromatic carbocycles. The van der Waals surface area contributed by atoms with Gasteiger partial charge in [0.2, 0.25) is 0 Å². The lowest BCUT2D eigenvalue weighted by atomic mass is 9.89. The van der Waals surface area contributed by atoms with E-state index < -0.39 is 5.92 Å². The summed E-state index contributed by atoms with van der Waals surface area (Å²) in [6, 6.07) is 7.96. The highest BCUT2D eigenvalue weighted by Crippen LogP contribution is 2.27. The van der Waals surface area contributed by atoms with Crippen LogP contribution in [0.5, 0.6) is 0 Å². The maximum atomic E-state index is 12.9. The smallest absolute Gasteiger partial charge is 0.309 e. The van der Waals surface area contributed by atoms with E-state index in [0.717, 1.165) is 16.5 Å². The van der Waals surface area contributed by atoms with E-state index in [1.54, 1.807) is 6.92 Å². The Labute approximate surface area is 137 Å². The molecule has 0 amide bonds. The molecule has 0 radical (unpaired) electrons. The zero-order valence-electron chi connectivity index (χ0n) is 14.6. The van der Waals surface area contributed by atoms with Gasteiger partial charge in [-0.2, -0.15) is 0 Å². The summed E-state index contributed by atoms with van der Waals surface area (Å²) in [6.07, 6.45) is 0.182. The number of esters is 1. The van der Waals surface area contributed by atoms with Gasteiger partial charge >= 0.3 is 5.97 Å². The summed E-state index contributed by atoms with van der Waals surface area (Å²) in [6.45, 7) is 7.98. The van der Waals surface area contributed by atoms with Crippen LogP contribution >= 0.6 is 0 Å². The average Bonchev–Trinajstić information content (AvgIpc) is 2.76. The van der Waals surface area contributed by atoms with Crippen LogP contribution in [0.3, 0.4) is 0 Å². The largest absolute Gasteiger partial charge is 0.466 e. The Morgan fingerprint density at radius 3 is 2.43 bits per heavy atom. The van der Waals surface area contributed by atoms with Crippen LogP contribution in [0.15, 0.2) is 24.3 Å². The lowest BCUT2D eigenvalue weighted by Gasteiger charge is -2.18. The van der Waals surface area contributed by atoms with E-state index in [0.29, 0.717) is 12.3 Å². The first-order chi connectivity index (χ1) is 10.9. The standard InChI is InChI=1S/C19H25NO3/c1-6-23-19(22)15(12(2)3)11-17(21)18-13(4)14-9-7-8-10-16(14)20(18)5/h7-10,12,15H,6,11H2,1-5H3. The molecule has 0 aliphatic carbocycles. The first-order valence-corrected chi connectivity index (χ1v) is 8.12. The van der Waals surface area contributed by atoms with Gasteiger partial charge in [-0.05, 0) is 31.4 Å². The fourth-order valence-electron chi connectivity index (χ4n) is 3.12. The molecule has 0 aliphatic heterocycles. The number of fused-ring (bicyclic) bond motifs is 1. The molecule has 0 saturated carbocycles. The molecule has 1 atom stereocenters. The van der Waals surface area contributed by atoms with Crippen molar-refractivity contribution < 1.29 is 14.3 Å². The maximum absolute atomic E-state index is 12.9. The van der Waals surface area contributed by atoms with Crippen molar-refractivity contribution >= 4 is 22.7 Å². The van der Waals surface area contributed by atoms with Gasteiger partial charge in [-0.3, -0.25) is 9.59 Å². The fraction of sp³-hybridized carbons (Fsp3) is 0.474. The number of benzene rings is 1. The lowest BCUT2D eigenvalue weighted by molar-refractivity contribution is -0.149. The Morgan fingerprint density at radius 1 is 1.22 bits per heavy atom. The van der Waals surface area contributed by atoms with Gasteiger partial charge in [0.1, 0.15) is 0 Å². The highest BCUT2D eigenvalue weighted by atomic mass is 16.5. The molecule has 124 valence electrons. The molecule has 4 nitrogen and oxygen atoms in total. The number of carbonyl (C=O) groups excluding carboxylic acids is 2. The number of Topliss-reactive ketones (excluding diaryl/α,β-unsaturated/α-hetero) is 1. The second-order valence-electron chi connectivity index (χ2n) is 6.28. The molecule has 2 rings (SSSR count). The SMILES string of the molecule is CCOC(=O)C(CC(=O)c1c(C)c2ccccc2n1C)C(C)C. The number of ketones is 1. The topological polar surface area (TPSA) is 48.3 Å². The summed E-state index contributed by atoms with van der Waals surface area (Å²) >= 11 is 0. The molecule has 2 aromatic rings. The quantitative estimate of drug-likeness (QED) is 0.600. The van der Waals surface area contributed by atoms with Gasteiger partial charge in [0.05, 0.1) is 18.2 Å². The van der Waals surface area contributed by atoms with E-state index in [-0.39, 0.29) is 24.1 Å². The van der Waals surface area contributed by atoms with Crippen molar-refractivity contribution in [3.63, 3.8) is 0 Å². The van der Waals surface area contributed by atoms with Crippen LogP contribution in [-0.2, 0) is 16.6 Å². The molecule has 0 fully saturated rings. The number of ether oxygens (including phenoxy) is 1. The van der Waals surface area contributed by atoms with E-state index in [1.165, 1.54) is 0 Å². The van der Waals surface area contributed by atoms with Crippen molar-refractivity contribution in [2.75, 3.05) is 6.61 Å². The van der Waals surface area contributed by atoms with Gasteiger partial charge in [-0.1, -0.05) is 32.0 Å². The molecular weight excluding hydrogens is 290 g/mol. The van der Waals surface area contributed by atoms with Crippen LogP contribution in [0.4, 0.5) is 0 Å². The van der Waals surface area contributed by atoms with E-state index in [9.17, 15) is 9.59 Å². The molecule has 1 aromatic heterocycles. The number of rotatable bonds is 6. The Hall–Kier alpha value is -2.10. The van der Waals surface area contributed by atoms with Crippen LogP contribution in [0.2, 0.25) is 0 Å². The second-order valence-corrected chi connectivity index (χ2v) is 6.28. The number of aryl methyl sites for hydroxylation is 2. The Morgan fingerprint density at radius 2 is 1.87 bits per heavy atom. The van der Waals surface area contributed by atoms with E-state index in [1.807, 2.05) is 56.7 Å². The monoisotopic (exact) mass is 315 g/mol. The minimum absolute atomic E-state index is 0.00652. The number of carbonyl (C=O) groups is 2. The van der Waals surface area contributed by atoms with Gasteiger partial charge in [0.25, 0.3) is 0 Å². The van der Waals surface area contributed by atoms with Gasteiger partial charge in [-0.25, -0.2) is 0 Å². The summed E-state index contributed by atoms with van der Waals surface area (Å²) in [7, 11) is 1.90. The molecule has 0 saturated heterocycles. The van der Waals surface area contributed by atoms with Crippen LogP contribution in [0, 0.1) is 18.8 Å². The molecular formula is C19H25NO3. The van der Waals surface area contributed by atoms with Gasteiger partial charge < -0.3 is 9.30 Å². The van der Waals surface area contributed by atoms with Crippen molar-refractivity contribution in [1.82, 2.24) is 4.57 Å². The molecule has 23 heavy (non-hydrogen) atoms. The first-order valence-electron chi connectivity index (χ1n) is 8.12. The third-order valence-corrected chi connectivity index (χ3v) is 4.42. The first kappa shape index (κ1) is 17.3. The predicted octanol–water partition coefficient (Wildman–Crippen LogP) is 3.89. The summed E-state index contributed by atoms with van der Waals surface area (Å²) in [5.41, 5.74) is 2.69. The average molecular weight is 315 g/mol. The van der Waals surface area contributed by atoms with Crippen LogP contribution in [-0.4, -0.2) is 22.9 Å². The zero-order valence-corrected chi connectivity index (χ0v) is 14.6. The van der Waals surface area contributed by atoms with Crippen LogP contribution in [0.25, 0.3) is 10.9 Å². The summed E-state index contributed by atoms with van der Waals surface area (Å²) in [5, 5.41) is 1.08. The van der Waals surface area contributed by atoms with Crippen molar-refractivity contribution in [2.24, 2.45) is 18.9 Å². The number of nitrogens with zero attached hydrogens (tertiary/aromatic N) is 1. The maximum Gasteiger partial charge on any atom is 0.309 e. The molecule has 1 unspecified atom stereocenters. The molecule has 1 heterocycles. The second kappa shape index (κ2) is 6.99. The van der Waals surface area contributed by atoms with Crippen molar-refractivity contribution in [2.45, 2.75) is 34.1 Å². The normalized spacial score (nSPS) is 12.6.